The molecule has 142 valence electrons. The lowest BCUT2D eigenvalue weighted by Gasteiger charge is -2.22. The van der Waals surface area contributed by atoms with E-state index in [9.17, 15) is 8.42 Å². The van der Waals surface area contributed by atoms with Gasteiger partial charge < -0.3 is 0 Å². The lowest BCUT2D eigenvalue weighted by Crippen LogP contribution is -2.33. The highest BCUT2D eigenvalue weighted by molar-refractivity contribution is 7.89. The van der Waals surface area contributed by atoms with Crippen LogP contribution >= 0.6 is 0 Å². The third kappa shape index (κ3) is 3.79. The van der Waals surface area contributed by atoms with E-state index >= 15 is 0 Å². The molecule has 1 unspecified atom stereocenters. The number of hydrogen-bond donors (Lipinski definition) is 1. The number of sulfonamides is 1. The van der Waals surface area contributed by atoms with Crippen LogP contribution in [0.25, 0.3) is 0 Å². The summed E-state index contributed by atoms with van der Waals surface area (Å²) in [4.78, 5) is 4.65. The van der Waals surface area contributed by atoms with E-state index < -0.39 is 10.0 Å². The van der Waals surface area contributed by atoms with Crippen LogP contribution in [-0.2, 0) is 29.5 Å². The molecule has 1 aliphatic heterocycles. The van der Waals surface area contributed by atoms with Gasteiger partial charge in [0.25, 0.3) is 0 Å². The number of aryl methyl sites for hydroxylation is 2. The minimum absolute atomic E-state index is 0.158. The molecule has 4 rings (SSSR count). The minimum Gasteiger partial charge on any atom is -0.267 e. The molecule has 0 fully saturated rings. The predicted octanol–water partition coefficient (Wildman–Crippen LogP) is 1.90. The number of benzene rings is 1. The Bertz CT molecular complexity index is 1030. The molecule has 2 aromatic heterocycles. The number of nitrogens with zero attached hydrogens (tertiary/aromatic N) is 5. The first kappa shape index (κ1) is 17.9. The molecule has 0 amide bonds. The summed E-state index contributed by atoms with van der Waals surface area (Å²) in [6, 6.07) is 9.43. The molecule has 0 radical (unpaired) electrons. The van der Waals surface area contributed by atoms with Crippen LogP contribution in [0, 0.1) is 0 Å². The summed E-state index contributed by atoms with van der Waals surface area (Å²) >= 11 is 0. The molecule has 8 nitrogen and oxygen atoms in total. The largest absolute Gasteiger partial charge is 0.267 e. The van der Waals surface area contributed by atoms with Crippen LogP contribution in [0.3, 0.4) is 0 Å². The van der Waals surface area contributed by atoms with Crippen LogP contribution in [-0.4, -0.2) is 33.0 Å². The summed E-state index contributed by atoms with van der Waals surface area (Å²) in [5, 5.41) is 8.62. The maximum atomic E-state index is 12.8. The van der Waals surface area contributed by atoms with E-state index in [1.54, 1.807) is 10.9 Å². The second kappa shape index (κ2) is 7.24. The molecule has 1 N–H and O–H groups in total. The third-order valence-corrected chi connectivity index (χ3v) is 6.07. The van der Waals surface area contributed by atoms with Gasteiger partial charge in [-0.1, -0.05) is 37.3 Å². The van der Waals surface area contributed by atoms with Crippen molar-refractivity contribution in [2.75, 3.05) is 0 Å². The Morgan fingerprint density at radius 2 is 2.07 bits per heavy atom. The van der Waals surface area contributed by atoms with Crippen LogP contribution < -0.4 is 4.72 Å². The second-order valence-corrected chi connectivity index (χ2v) is 8.35. The fourth-order valence-corrected chi connectivity index (χ4v) is 4.44. The normalized spacial score (nSPS) is 17.0. The van der Waals surface area contributed by atoms with Gasteiger partial charge in [0.15, 0.2) is 5.82 Å². The average molecular weight is 386 g/mol. The molecule has 0 saturated carbocycles. The molecule has 1 aliphatic rings. The van der Waals surface area contributed by atoms with E-state index in [1.165, 1.54) is 6.20 Å². The summed E-state index contributed by atoms with van der Waals surface area (Å²) < 4.78 is 31.9. The molecule has 0 spiro atoms. The first-order valence-corrected chi connectivity index (χ1v) is 10.6. The fourth-order valence-electron chi connectivity index (χ4n) is 3.26. The molecule has 1 atom stereocenters. The van der Waals surface area contributed by atoms with Gasteiger partial charge in [-0.25, -0.2) is 22.8 Å². The van der Waals surface area contributed by atoms with Crippen molar-refractivity contribution in [2.24, 2.45) is 0 Å². The Balaban J connectivity index is 1.52. The Kier molecular flexibility index (Phi) is 4.79. The zero-order chi connectivity index (χ0) is 18.9. The van der Waals surface area contributed by atoms with Gasteiger partial charge in [0.1, 0.15) is 10.7 Å². The standard InChI is InChI=1S/C18H22N6O2S/c1-2-17-20-18-16(9-6-10-24(18)21-17)22-27(25,26)15-11-19-23(13-15)12-14-7-4-3-5-8-14/h3-5,7-8,11,13,16,22H,2,6,9-10,12H2,1H3. The van der Waals surface area contributed by atoms with Crippen LogP contribution in [0.5, 0.6) is 0 Å². The molecule has 0 bridgehead atoms. The Labute approximate surface area is 158 Å². The summed E-state index contributed by atoms with van der Waals surface area (Å²) in [5.41, 5.74) is 1.06. The SMILES string of the molecule is CCc1nc2n(n1)CCCC2NS(=O)(=O)c1cnn(Cc2ccccc2)c1. The molecule has 0 aliphatic carbocycles. The van der Waals surface area contributed by atoms with Gasteiger partial charge in [0.05, 0.1) is 18.8 Å². The van der Waals surface area contributed by atoms with Crippen molar-refractivity contribution in [1.82, 2.24) is 29.3 Å². The Morgan fingerprint density at radius 1 is 1.26 bits per heavy atom. The molecular formula is C18H22N6O2S. The quantitative estimate of drug-likeness (QED) is 0.698. The Hall–Kier alpha value is -2.52. The lowest BCUT2D eigenvalue weighted by molar-refractivity contribution is 0.399. The number of aromatic nitrogens is 5. The monoisotopic (exact) mass is 386 g/mol. The van der Waals surface area contributed by atoms with Crippen LogP contribution in [0.1, 0.15) is 43.0 Å². The Morgan fingerprint density at radius 3 is 2.85 bits per heavy atom. The topological polar surface area (TPSA) is 94.7 Å². The van der Waals surface area contributed by atoms with Crippen molar-refractivity contribution in [1.29, 1.82) is 0 Å². The highest BCUT2D eigenvalue weighted by atomic mass is 32.2. The van der Waals surface area contributed by atoms with Crippen LogP contribution in [0.15, 0.2) is 47.6 Å². The van der Waals surface area contributed by atoms with E-state index in [-0.39, 0.29) is 10.9 Å². The predicted molar refractivity (Wildman–Crippen MR) is 99.5 cm³/mol. The summed E-state index contributed by atoms with van der Waals surface area (Å²) in [7, 11) is -3.69. The van der Waals surface area contributed by atoms with Gasteiger partial charge in [-0.05, 0) is 18.4 Å². The maximum absolute atomic E-state index is 12.8. The highest BCUT2D eigenvalue weighted by Crippen LogP contribution is 2.25. The first-order valence-electron chi connectivity index (χ1n) is 9.07. The fraction of sp³-hybridized carbons (Fsp3) is 0.389. The average Bonchev–Trinajstić information content (AvgIpc) is 3.30. The molecule has 9 heteroatoms. The highest BCUT2D eigenvalue weighted by Gasteiger charge is 2.29. The molecule has 3 heterocycles. The zero-order valence-corrected chi connectivity index (χ0v) is 15.9. The number of nitrogens with one attached hydrogen (secondary N) is 1. The summed E-state index contributed by atoms with van der Waals surface area (Å²) in [6.45, 7) is 3.28. The second-order valence-electron chi connectivity index (χ2n) is 6.64. The van der Waals surface area contributed by atoms with E-state index in [0.717, 1.165) is 30.8 Å². The van der Waals surface area contributed by atoms with Crippen molar-refractivity contribution in [2.45, 2.75) is 50.2 Å². The van der Waals surface area contributed by atoms with Gasteiger partial charge in [0.2, 0.25) is 10.0 Å². The van der Waals surface area contributed by atoms with E-state index in [2.05, 4.69) is 19.9 Å². The van der Waals surface area contributed by atoms with Gasteiger partial charge in [0, 0.05) is 19.2 Å². The van der Waals surface area contributed by atoms with Crippen molar-refractivity contribution >= 4 is 10.0 Å². The lowest BCUT2D eigenvalue weighted by atomic mass is 10.1. The van der Waals surface area contributed by atoms with Gasteiger partial charge in [-0.3, -0.25) is 4.68 Å². The van der Waals surface area contributed by atoms with Crippen molar-refractivity contribution in [3.8, 4) is 0 Å². The first-order chi connectivity index (χ1) is 13.0. The molecular weight excluding hydrogens is 364 g/mol. The minimum atomic E-state index is -3.69. The van der Waals surface area contributed by atoms with E-state index in [0.29, 0.717) is 18.8 Å². The van der Waals surface area contributed by atoms with Crippen LogP contribution in [0.4, 0.5) is 0 Å². The molecule has 27 heavy (non-hydrogen) atoms. The van der Waals surface area contributed by atoms with Crippen molar-refractivity contribution in [3.63, 3.8) is 0 Å². The third-order valence-electron chi connectivity index (χ3n) is 4.64. The number of rotatable bonds is 6. The van der Waals surface area contributed by atoms with Crippen molar-refractivity contribution < 1.29 is 8.42 Å². The van der Waals surface area contributed by atoms with Gasteiger partial charge >= 0.3 is 0 Å². The molecule has 3 aromatic rings. The summed E-state index contributed by atoms with van der Waals surface area (Å²) in [6.07, 6.45) is 5.24. The van der Waals surface area contributed by atoms with Crippen LogP contribution in [0.2, 0.25) is 0 Å². The number of fused-ring (bicyclic) bond motifs is 1. The van der Waals surface area contributed by atoms with Gasteiger partial charge in [-0.15, -0.1) is 0 Å². The molecule has 0 saturated heterocycles. The smallest absolute Gasteiger partial charge is 0.244 e. The van der Waals surface area contributed by atoms with Crippen molar-refractivity contribution in [3.05, 3.63) is 59.9 Å². The van der Waals surface area contributed by atoms with Gasteiger partial charge in [-0.2, -0.15) is 10.2 Å². The number of hydrogen-bond acceptors (Lipinski definition) is 5. The molecule has 1 aromatic carbocycles. The van der Waals surface area contributed by atoms with E-state index in [1.807, 2.05) is 41.9 Å². The van der Waals surface area contributed by atoms with E-state index in [4.69, 9.17) is 0 Å². The summed E-state index contributed by atoms with van der Waals surface area (Å²) in [5.74, 6) is 1.44. The maximum Gasteiger partial charge on any atom is 0.244 e. The zero-order valence-electron chi connectivity index (χ0n) is 15.1.